The highest BCUT2D eigenvalue weighted by Crippen LogP contribution is 2.14. The van der Waals surface area contributed by atoms with Crippen LogP contribution in [0, 0.1) is 0 Å². The van der Waals surface area contributed by atoms with Crippen molar-refractivity contribution in [1.82, 2.24) is 0 Å². The third-order valence-corrected chi connectivity index (χ3v) is 12.2. The van der Waals surface area contributed by atoms with Crippen LogP contribution in [-0.4, -0.2) is 37.2 Å². The minimum absolute atomic E-state index is 0.0975. The smallest absolute Gasteiger partial charge is 0.306 e. The third-order valence-electron chi connectivity index (χ3n) is 12.2. The second-order valence-electron chi connectivity index (χ2n) is 19.2. The van der Waals surface area contributed by atoms with Crippen LogP contribution in [0.25, 0.3) is 0 Å². The van der Waals surface area contributed by atoms with E-state index in [0.717, 1.165) is 122 Å². The van der Waals surface area contributed by atoms with E-state index in [0.29, 0.717) is 19.3 Å². The second-order valence-corrected chi connectivity index (χ2v) is 19.2. The lowest BCUT2D eigenvalue weighted by Crippen LogP contribution is -2.30. The van der Waals surface area contributed by atoms with Gasteiger partial charge in [0.2, 0.25) is 0 Å². The van der Waals surface area contributed by atoms with E-state index in [1.165, 1.54) is 103 Å². The van der Waals surface area contributed by atoms with Gasteiger partial charge in [0.1, 0.15) is 13.2 Å². The molecule has 0 saturated heterocycles. The number of esters is 3. The molecular weight excluding hydrogens is 877 g/mol. The Bertz CT molecular complexity index is 1460. The van der Waals surface area contributed by atoms with Crippen LogP contribution in [-0.2, 0) is 28.6 Å². The second kappa shape index (κ2) is 58.6. The van der Waals surface area contributed by atoms with Crippen molar-refractivity contribution in [3.63, 3.8) is 0 Å². The van der Waals surface area contributed by atoms with Gasteiger partial charge in [-0.15, -0.1) is 0 Å². The number of ether oxygens (including phenoxy) is 3. The van der Waals surface area contributed by atoms with Crippen LogP contribution in [0.5, 0.6) is 0 Å². The summed E-state index contributed by atoms with van der Waals surface area (Å²) in [5.41, 5.74) is 0. The molecular formula is C65H108O6. The first-order chi connectivity index (χ1) is 35.0. The van der Waals surface area contributed by atoms with Gasteiger partial charge in [0, 0.05) is 19.3 Å². The van der Waals surface area contributed by atoms with Crippen molar-refractivity contribution in [3.8, 4) is 0 Å². The molecule has 0 aromatic carbocycles. The number of rotatable bonds is 52. The van der Waals surface area contributed by atoms with E-state index in [4.69, 9.17) is 14.2 Å². The van der Waals surface area contributed by atoms with E-state index in [1.54, 1.807) is 0 Å². The Morgan fingerprint density at radius 2 is 0.549 bits per heavy atom. The van der Waals surface area contributed by atoms with Crippen LogP contribution >= 0.6 is 0 Å². The highest BCUT2D eigenvalue weighted by Gasteiger charge is 2.19. The molecule has 0 saturated carbocycles. The van der Waals surface area contributed by atoms with E-state index in [1.807, 2.05) is 0 Å². The van der Waals surface area contributed by atoms with Gasteiger partial charge < -0.3 is 14.2 Å². The molecule has 0 spiro atoms. The molecule has 0 radical (unpaired) electrons. The first-order valence-corrected chi connectivity index (χ1v) is 29.4. The molecule has 1 atom stereocenters. The molecule has 0 fully saturated rings. The standard InChI is InChI=1S/C65H108O6/c1-4-7-10-13-16-19-22-25-28-31-32-35-37-40-43-46-49-52-55-58-64(67)70-61-62(71-65(68)59-56-53-50-47-44-41-38-34-30-27-24-21-18-15-12-9-6-3)60-69-63(66)57-54-51-48-45-42-39-36-33-29-26-23-20-17-14-11-8-5-2/h7,10,16-21,25-30,32,35,40,43,62H,4-6,8-9,11-15,22-24,31,33-34,36-39,41-42,44-61H2,1-3H3/b10-7+,19-16+,20-17+,21-18+,28-25+,29-26+,30-27+,35-32+,43-40+/t62-/m1/s1. The normalized spacial score (nSPS) is 12.9. The van der Waals surface area contributed by atoms with Gasteiger partial charge in [0.05, 0.1) is 0 Å². The van der Waals surface area contributed by atoms with E-state index < -0.39 is 6.10 Å². The minimum Gasteiger partial charge on any atom is -0.462 e. The summed E-state index contributed by atoms with van der Waals surface area (Å²) in [7, 11) is 0. The minimum atomic E-state index is -0.802. The lowest BCUT2D eigenvalue weighted by atomic mass is 10.1. The van der Waals surface area contributed by atoms with E-state index in [-0.39, 0.29) is 31.1 Å². The number of carbonyl (C=O) groups is 3. The maximum Gasteiger partial charge on any atom is 0.306 e. The third kappa shape index (κ3) is 56.9. The Kier molecular flexibility index (Phi) is 55.4. The molecule has 0 aliphatic heterocycles. The first kappa shape index (κ1) is 67.1. The fourth-order valence-corrected chi connectivity index (χ4v) is 7.82. The molecule has 0 rings (SSSR count). The van der Waals surface area contributed by atoms with Crippen molar-refractivity contribution in [3.05, 3.63) is 109 Å². The molecule has 0 unspecified atom stereocenters. The fraction of sp³-hybridized carbons (Fsp3) is 0.677. The lowest BCUT2D eigenvalue weighted by Gasteiger charge is -2.18. The molecule has 0 aromatic rings. The average Bonchev–Trinajstić information content (AvgIpc) is 3.37. The molecule has 6 heteroatoms. The molecule has 404 valence electrons. The molecule has 0 aromatic heterocycles. The highest BCUT2D eigenvalue weighted by molar-refractivity contribution is 5.71. The number of hydrogen-bond donors (Lipinski definition) is 0. The summed E-state index contributed by atoms with van der Waals surface area (Å²) < 4.78 is 16.9. The molecule has 0 aliphatic rings. The number of carbonyl (C=O) groups excluding carboxylic acids is 3. The maximum atomic E-state index is 12.9. The molecule has 0 heterocycles. The Morgan fingerprint density at radius 3 is 0.873 bits per heavy atom. The van der Waals surface area contributed by atoms with Gasteiger partial charge in [-0.1, -0.05) is 226 Å². The van der Waals surface area contributed by atoms with Crippen molar-refractivity contribution in [2.24, 2.45) is 0 Å². The highest BCUT2D eigenvalue weighted by atomic mass is 16.6. The molecule has 0 aliphatic carbocycles. The summed E-state index contributed by atoms with van der Waals surface area (Å²) in [5, 5.41) is 0. The van der Waals surface area contributed by atoms with E-state index >= 15 is 0 Å². The van der Waals surface area contributed by atoms with Gasteiger partial charge in [-0.3, -0.25) is 14.4 Å². The van der Waals surface area contributed by atoms with E-state index in [2.05, 4.69) is 130 Å². The van der Waals surface area contributed by atoms with Gasteiger partial charge >= 0.3 is 17.9 Å². The maximum absolute atomic E-state index is 12.9. The van der Waals surface area contributed by atoms with Crippen molar-refractivity contribution < 1.29 is 28.6 Å². The molecule has 0 amide bonds. The van der Waals surface area contributed by atoms with Crippen molar-refractivity contribution in [1.29, 1.82) is 0 Å². The first-order valence-electron chi connectivity index (χ1n) is 29.4. The Labute approximate surface area is 438 Å². The number of allylic oxidation sites excluding steroid dienone is 18. The molecule has 0 bridgehead atoms. The summed E-state index contributed by atoms with van der Waals surface area (Å²) in [6, 6.07) is 0. The summed E-state index contributed by atoms with van der Waals surface area (Å²) in [5.74, 6) is -0.944. The van der Waals surface area contributed by atoms with Gasteiger partial charge in [0.25, 0.3) is 0 Å². The topological polar surface area (TPSA) is 78.9 Å². The van der Waals surface area contributed by atoms with Crippen LogP contribution < -0.4 is 0 Å². The van der Waals surface area contributed by atoms with Crippen LogP contribution in [0.15, 0.2) is 109 Å². The van der Waals surface area contributed by atoms with Gasteiger partial charge in [0.15, 0.2) is 6.10 Å². The molecule has 0 N–H and O–H groups in total. The van der Waals surface area contributed by atoms with Crippen LogP contribution in [0.3, 0.4) is 0 Å². The average molecular weight is 986 g/mol. The fourth-order valence-electron chi connectivity index (χ4n) is 7.82. The van der Waals surface area contributed by atoms with Crippen LogP contribution in [0.2, 0.25) is 0 Å². The largest absolute Gasteiger partial charge is 0.462 e. The number of hydrogen-bond acceptors (Lipinski definition) is 6. The van der Waals surface area contributed by atoms with Crippen LogP contribution in [0.4, 0.5) is 0 Å². The SMILES string of the molecule is CC/C=C/C/C=C/C/C=C/C/C=C/C/C=C/CCCCCC(=O)OC[C@@H](COC(=O)CCCCCCCCC/C=C/C/C=C/CCCCC)OC(=O)CCCCCCCCC/C=C/C/C=C/CCCCC. The summed E-state index contributed by atoms with van der Waals surface area (Å²) in [4.78, 5) is 38.2. The van der Waals surface area contributed by atoms with Crippen molar-refractivity contribution >= 4 is 17.9 Å². The Morgan fingerprint density at radius 1 is 0.296 bits per heavy atom. The van der Waals surface area contributed by atoms with Crippen molar-refractivity contribution in [2.75, 3.05) is 13.2 Å². The van der Waals surface area contributed by atoms with E-state index in [9.17, 15) is 14.4 Å². The van der Waals surface area contributed by atoms with Crippen LogP contribution in [0.1, 0.15) is 265 Å². The summed E-state index contributed by atoms with van der Waals surface area (Å²) in [6.07, 6.45) is 79.3. The monoisotopic (exact) mass is 985 g/mol. The Balaban J connectivity index is 4.49. The van der Waals surface area contributed by atoms with Gasteiger partial charge in [-0.05, 0) is 128 Å². The van der Waals surface area contributed by atoms with Gasteiger partial charge in [-0.2, -0.15) is 0 Å². The summed E-state index contributed by atoms with van der Waals surface area (Å²) >= 11 is 0. The van der Waals surface area contributed by atoms with Gasteiger partial charge in [-0.25, -0.2) is 0 Å². The molecule has 6 nitrogen and oxygen atoms in total. The predicted molar refractivity (Wildman–Crippen MR) is 307 cm³/mol. The zero-order valence-electron chi connectivity index (χ0n) is 46.2. The zero-order chi connectivity index (χ0) is 51.4. The number of unbranched alkanes of at least 4 members (excludes halogenated alkanes) is 23. The lowest BCUT2D eigenvalue weighted by molar-refractivity contribution is -0.167. The summed E-state index contributed by atoms with van der Waals surface area (Å²) in [6.45, 7) is 6.44. The predicted octanol–water partition coefficient (Wildman–Crippen LogP) is 19.9. The molecule has 71 heavy (non-hydrogen) atoms. The quantitative estimate of drug-likeness (QED) is 0.0261. The zero-order valence-corrected chi connectivity index (χ0v) is 46.2. The van der Waals surface area contributed by atoms with Crippen molar-refractivity contribution in [2.45, 2.75) is 271 Å². The Hall–Kier alpha value is -3.93.